The van der Waals surface area contributed by atoms with Gasteiger partial charge in [-0.25, -0.2) is 26.4 Å². The quantitative estimate of drug-likeness (QED) is 0.0599. The first-order valence-electron chi connectivity index (χ1n) is 18.6. The maximum atomic E-state index is 12.9. The molecular weight excluding hydrogens is 870 g/mol. The summed E-state index contributed by atoms with van der Waals surface area (Å²) in [5.74, 6) is -0.612. The molecule has 0 aliphatic heterocycles. The predicted molar refractivity (Wildman–Crippen MR) is 226 cm³/mol. The van der Waals surface area contributed by atoms with E-state index in [0.29, 0.717) is 29.0 Å². The highest BCUT2D eigenvalue weighted by Gasteiger charge is 2.32. The number of ether oxygens (including phenoxy) is 4. The number of sulfonamides is 2. The molecule has 14 nitrogen and oxygen atoms in total. The van der Waals surface area contributed by atoms with Gasteiger partial charge in [-0.1, -0.05) is 48.0 Å². The van der Waals surface area contributed by atoms with Gasteiger partial charge in [0.25, 0.3) is 20.0 Å². The lowest BCUT2D eigenvalue weighted by Crippen LogP contribution is -2.16. The second-order valence-corrected chi connectivity index (χ2v) is 16.5. The number of para-hydroxylation sites is 4. The van der Waals surface area contributed by atoms with E-state index in [1.54, 1.807) is 66.7 Å². The lowest BCUT2D eigenvalue weighted by Gasteiger charge is -2.15. The lowest BCUT2D eigenvalue weighted by molar-refractivity contribution is -0.137. The van der Waals surface area contributed by atoms with Crippen LogP contribution in [0.5, 0.6) is 23.0 Å². The maximum Gasteiger partial charge on any atom is 0.416 e. The monoisotopic (exact) mass is 908 g/mol. The number of hydrogen-bond acceptors (Lipinski definition) is 10. The van der Waals surface area contributed by atoms with Gasteiger partial charge in [0.2, 0.25) is 0 Å². The molecule has 0 saturated heterocycles. The molecule has 0 bridgehead atoms. The van der Waals surface area contributed by atoms with E-state index in [4.69, 9.17) is 29.2 Å². The normalized spacial score (nSPS) is 11.3. The van der Waals surface area contributed by atoms with Crippen LogP contribution >= 0.6 is 0 Å². The van der Waals surface area contributed by atoms with E-state index in [0.717, 1.165) is 23.8 Å². The average Bonchev–Trinajstić information content (AvgIpc) is 3.25. The molecule has 0 aliphatic carbocycles. The average molecular weight is 909 g/mol. The molecule has 330 valence electrons. The Hall–Kier alpha value is -7.25. The predicted octanol–water partition coefficient (Wildman–Crippen LogP) is 8.61. The van der Waals surface area contributed by atoms with Crippen LogP contribution in [-0.2, 0) is 26.2 Å². The number of benzene rings is 6. The molecule has 0 amide bonds. The molecule has 0 aromatic heterocycles. The molecule has 6 aromatic rings. The molecule has 0 heterocycles. The molecule has 0 saturated carbocycles. The third kappa shape index (κ3) is 13.9. The van der Waals surface area contributed by atoms with Gasteiger partial charge in [0.15, 0.2) is 0 Å². The van der Waals surface area contributed by atoms with E-state index < -0.39 is 48.6 Å². The molecule has 0 atom stereocenters. The topological polar surface area (TPSA) is 204 Å². The highest BCUT2D eigenvalue weighted by Crippen LogP contribution is 2.32. The van der Waals surface area contributed by atoms with Crippen molar-refractivity contribution in [3.05, 3.63) is 168 Å². The fourth-order valence-electron chi connectivity index (χ4n) is 5.33. The SMILES string of the molecule is Cc1ccc(S(=O)(=O)Nc2ccccc2OCCOc2ccc(C(=O)O)cc2)cc1.O=C(O)c1ccc(OCCOc2ccccc2NS(=O)(=O)c2cccc(C(F)(F)F)c2)cc1. The Morgan fingerprint density at radius 3 is 1.37 bits per heavy atom. The fourth-order valence-corrected chi connectivity index (χ4v) is 7.51. The number of carboxylic acid groups (broad SMARTS) is 2. The van der Waals surface area contributed by atoms with Crippen LogP contribution < -0.4 is 28.4 Å². The van der Waals surface area contributed by atoms with Crippen molar-refractivity contribution in [3.8, 4) is 23.0 Å². The van der Waals surface area contributed by atoms with Crippen molar-refractivity contribution in [2.75, 3.05) is 35.9 Å². The van der Waals surface area contributed by atoms with E-state index >= 15 is 0 Å². The maximum absolute atomic E-state index is 12.9. The highest BCUT2D eigenvalue weighted by atomic mass is 32.2. The van der Waals surface area contributed by atoms with E-state index in [9.17, 15) is 39.6 Å². The number of carbonyl (C=O) groups is 2. The summed E-state index contributed by atoms with van der Waals surface area (Å²) in [5, 5.41) is 17.8. The summed E-state index contributed by atoms with van der Waals surface area (Å²) in [7, 11) is -8.06. The summed E-state index contributed by atoms with van der Waals surface area (Å²) in [6.45, 7) is 2.34. The fraction of sp³-hybridized carbons (Fsp3) is 0.136. The molecule has 0 fully saturated rings. The summed E-state index contributed by atoms with van der Waals surface area (Å²) >= 11 is 0. The van der Waals surface area contributed by atoms with Crippen molar-refractivity contribution < 1.29 is 68.8 Å². The Morgan fingerprint density at radius 1 is 0.524 bits per heavy atom. The van der Waals surface area contributed by atoms with Crippen LogP contribution in [-0.4, -0.2) is 65.4 Å². The van der Waals surface area contributed by atoms with Gasteiger partial charge in [0.1, 0.15) is 49.4 Å². The van der Waals surface area contributed by atoms with Crippen LogP contribution in [0.1, 0.15) is 31.8 Å². The zero-order chi connectivity index (χ0) is 45.6. The van der Waals surface area contributed by atoms with E-state index in [-0.39, 0.29) is 53.9 Å². The molecule has 0 unspecified atom stereocenters. The minimum atomic E-state index is -4.68. The number of aryl methyl sites for hydroxylation is 1. The number of nitrogens with one attached hydrogen (secondary N) is 2. The minimum Gasteiger partial charge on any atom is -0.490 e. The zero-order valence-electron chi connectivity index (χ0n) is 33.1. The molecular formula is C44H39F3N2O12S2. The summed E-state index contributed by atoms with van der Waals surface area (Å²) < 4.78 is 116. The number of aromatic carboxylic acids is 2. The first kappa shape index (κ1) is 46.8. The Morgan fingerprint density at radius 2 is 0.937 bits per heavy atom. The Labute approximate surface area is 360 Å². The van der Waals surface area contributed by atoms with Crippen LogP contribution in [0.2, 0.25) is 0 Å². The van der Waals surface area contributed by atoms with Crippen LogP contribution in [0.3, 0.4) is 0 Å². The largest absolute Gasteiger partial charge is 0.490 e. The Bertz CT molecular complexity index is 2720. The van der Waals surface area contributed by atoms with Gasteiger partial charge in [0.05, 0.1) is 37.9 Å². The third-order valence-electron chi connectivity index (χ3n) is 8.49. The van der Waals surface area contributed by atoms with E-state index in [1.807, 2.05) is 6.92 Å². The van der Waals surface area contributed by atoms with Gasteiger partial charge in [-0.3, -0.25) is 9.44 Å². The van der Waals surface area contributed by atoms with Gasteiger partial charge in [0, 0.05) is 0 Å². The third-order valence-corrected chi connectivity index (χ3v) is 11.2. The van der Waals surface area contributed by atoms with Crippen molar-refractivity contribution in [1.29, 1.82) is 0 Å². The van der Waals surface area contributed by atoms with Crippen molar-refractivity contribution in [3.63, 3.8) is 0 Å². The first-order chi connectivity index (χ1) is 29.9. The minimum absolute atomic E-state index is 0.0168. The number of rotatable bonds is 18. The molecule has 0 spiro atoms. The van der Waals surface area contributed by atoms with Crippen LogP contribution in [0.25, 0.3) is 0 Å². The standard InChI is InChI=1S/C22H18F3NO6S.C22H21NO6S/c23-22(24,25)16-4-3-5-18(14-16)33(29,30)26-19-6-1-2-7-20(19)32-13-12-31-17-10-8-15(9-11-17)21(27)28;1-16-6-12-19(13-7-16)30(26,27)23-20-4-2-3-5-21(20)29-15-14-28-18-10-8-17(9-11-18)22(24)25/h1-11,14,26H,12-13H2,(H,27,28);2-13,23H,14-15H2,1H3,(H,24,25). The molecule has 4 N–H and O–H groups in total. The zero-order valence-corrected chi connectivity index (χ0v) is 34.7. The first-order valence-corrected chi connectivity index (χ1v) is 21.5. The van der Waals surface area contributed by atoms with Crippen molar-refractivity contribution in [2.24, 2.45) is 0 Å². The van der Waals surface area contributed by atoms with Crippen LogP contribution in [0.15, 0.2) is 155 Å². The Kier molecular flexibility index (Phi) is 15.6. The van der Waals surface area contributed by atoms with Gasteiger partial charge in [-0.15, -0.1) is 0 Å². The summed E-state index contributed by atoms with van der Waals surface area (Å²) in [4.78, 5) is 21.3. The summed E-state index contributed by atoms with van der Waals surface area (Å²) in [5.41, 5.74) is 0.539. The van der Waals surface area contributed by atoms with Crippen molar-refractivity contribution >= 4 is 43.4 Å². The number of alkyl halides is 3. The molecule has 0 aliphatic rings. The lowest BCUT2D eigenvalue weighted by atomic mass is 10.2. The molecule has 63 heavy (non-hydrogen) atoms. The number of halogens is 3. The van der Waals surface area contributed by atoms with Gasteiger partial charge in [-0.05, 0) is 110 Å². The molecule has 6 aromatic carbocycles. The number of hydrogen-bond donors (Lipinski definition) is 4. The molecule has 6 rings (SSSR count). The second kappa shape index (κ2) is 21.0. The summed E-state index contributed by atoms with van der Waals surface area (Å²) in [6.07, 6.45) is -4.68. The number of carboxylic acids is 2. The van der Waals surface area contributed by atoms with Crippen LogP contribution in [0.4, 0.5) is 24.5 Å². The highest BCUT2D eigenvalue weighted by molar-refractivity contribution is 7.93. The summed E-state index contributed by atoms with van der Waals surface area (Å²) in [6, 6.07) is 34.5. The second-order valence-electron chi connectivity index (χ2n) is 13.1. The number of anilines is 2. The molecule has 0 radical (unpaired) electrons. The molecule has 19 heteroatoms. The van der Waals surface area contributed by atoms with Crippen molar-refractivity contribution in [1.82, 2.24) is 0 Å². The van der Waals surface area contributed by atoms with E-state index in [1.165, 1.54) is 54.6 Å². The van der Waals surface area contributed by atoms with Gasteiger partial charge >= 0.3 is 18.1 Å². The smallest absolute Gasteiger partial charge is 0.416 e. The van der Waals surface area contributed by atoms with Gasteiger partial charge < -0.3 is 29.2 Å². The van der Waals surface area contributed by atoms with E-state index in [2.05, 4.69) is 9.44 Å². The van der Waals surface area contributed by atoms with Crippen molar-refractivity contribution in [2.45, 2.75) is 22.9 Å². The van der Waals surface area contributed by atoms with Gasteiger partial charge in [-0.2, -0.15) is 13.2 Å². The Balaban J connectivity index is 0.000000239. The van der Waals surface area contributed by atoms with Crippen LogP contribution in [0, 0.1) is 6.92 Å².